The third-order valence-electron chi connectivity index (χ3n) is 5.41. The molecule has 0 aromatic heterocycles. The molecule has 0 aliphatic carbocycles. The van der Waals surface area contributed by atoms with Crippen LogP contribution in [0.2, 0.25) is 0 Å². The summed E-state index contributed by atoms with van der Waals surface area (Å²) in [6.45, 7) is -0.0744. The Morgan fingerprint density at radius 2 is 1.71 bits per heavy atom. The first-order chi connectivity index (χ1) is 16.7. The first-order valence-electron chi connectivity index (χ1n) is 11.2. The standard InChI is InChI=1S/C27H29NO4S2/c1-30-22-13-19(17-28-24(18-29)20-7-4-3-5-8-20)14-23(16-22)32-26-15-21(9-10-25(26)31-2)27-33-11-6-12-34-27/h3-5,7-10,13-17,24,27,29H,6,11-12,18H2,1-2H3/t24-/m0/s1. The molecule has 3 aromatic carbocycles. The third-order valence-corrected chi connectivity index (χ3v) is 8.43. The summed E-state index contributed by atoms with van der Waals surface area (Å²) in [4.78, 5) is 4.60. The number of thioether (sulfide) groups is 2. The monoisotopic (exact) mass is 495 g/mol. The van der Waals surface area contributed by atoms with E-state index in [9.17, 15) is 5.11 Å². The highest BCUT2D eigenvalue weighted by molar-refractivity contribution is 8.16. The lowest BCUT2D eigenvalue weighted by Crippen LogP contribution is -2.02. The summed E-state index contributed by atoms with van der Waals surface area (Å²) in [7, 11) is 3.27. The number of methoxy groups -OCH3 is 2. The van der Waals surface area contributed by atoms with Crippen LogP contribution in [0.25, 0.3) is 0 Å². The fourth-order valence-corrected chi connectivity index (χ4v) is 6.54. The van der Waals surface area contributed by atoms with Crippen LogP contribution >= 0.6 is 23.5 Å². The van der Waals surface area contributed by atoms with E-state index in [1.54, 1.807) is 20.4 Å². The lowest BCUT2D eigenvalue weighted by molar-refractivity contribution is 0.269. The van der Waals surface area contributed by atoms with Gasteiger partial charge >= 0.3 is 0 Å². The molecule has 0 saturated carbocycles. The van der Waals surface area contributed by atoms with Crippen LogP contribution < -0.4 is 14.2 Å². The van der Waals surface area contributed by atoms with E-state index >= 15 is 0 Å². The number of aliphatic imine (C=N–C) groups is 1. The molecule has 1 saturated heterocycles. The smallest absolute Gasteiger partial charge is 0.169 e. The van der Waals surface area contributed by atoms with Crippen molar-refractivity contribution >= 4 is 29.7 Å². The molecule has 1 heterocycles. The van der Waals surface area contributed by atoms with Gasteiger partial charge in [-0.05, 0) is 58.9 Å². The van der Waals surface area contributed by atoms with Crippen LogP contribution in [0.3, 0.4) is 0 Å². The van der Waals surface area contributed by atoms with Gasteiger partial charge in [0.2, 0.25) is 0 Å². The van der Waals surface area contributed by atoms with Crippen LogP contribution in [0.1, 0.15) is 33.7 Å². The Morgan fingerprint density at radius 1 is 0.941 bits per heavy atom. The largest absolute Gasteiger partial charge is 0.497 e. The number of nitrogens with zero attached hydrogens (tertiary/aromatic N) is 1. The molecule has 0 bridgehead atoms. The molecule has 1 fully saturated rings. The second-order valence-electron chi connectivity index (χ2n) is 7.77. The minimum atomic E-state index is -0.334. The van der Waals surface area contributed by atoms with Crippen LogP contribution in [-0.2, 0) is 0 Å². The molecule has 178 valence electrons. The fraction of sp³-hybridized carbons (Fsp3) is 0.296. The highest BCUT2D eigenvalue weighted by Crippen LogP contribution is 2.46. The van der Waals surface area contributed by atoms with Crippen LogP contribution in [0.5, 0.6) is 23.0 Å². The summed E-state index contributed by atoms with van der Waals surface area (Å²) in [5.41, 5.74) is 3.00. The topological polar surface area (TPSA) is 60.3 Å². The first-order valence-corrected chi connectivity index (χ1v) is 13.3. The van der Waals surface area contributed by atoms with Gasteiger partial charge in [-0.1, -0.05) is 36.4 Å². The van der Waals surface area contributed by atoms with E-state index in [2.05, 4.69) is 17.1 Å². The molecule has 1 atom stereocenters. The summed E-state index contributed by atoms with van der Waals surface area (Å²) in [5.74, 6) is 4.98. The lowest BCUT2D eigenvalue weighted by atomic mass is 10.1. The molecule has 0 amide bonds. The molecule has 0 unspecified atom stereocenters. The maximum Gasteiger partial charge on any atom is 0.169 e. The van der Waals surface area contributed by atoms with Crippen molar-refractivity contribution in [2.75, 3.05) is 32.3 Å². The van der Waals surface area contributed by atoms with E-state index in [1.165, 1.54) is 23.5 Å². The quantitative estimate of drug-likeness (QED) is 0.341. The molecule has 1 aliphatic heterocycles. The summed E-state index contributed by atoms with van der Waals surface area (Å²) >= 11 is 3.94. The Labute approximate surface area is 209 Å². The van der Waals surface area contributed by atoms with Gasteiger partial charge < -0.3 is 19.3 Å². The van der Waals surface area contributed by atoms with Crippen molar-refractivity contribution in [2.45, 2.75) is 17.0 Å². The Hall–Kier alpha value is -2.61. The zero-order valence-electron chi connectivity index (χ0n) is 19.3. The predicted molar refractivity (Wildman–Crippen MR) is 142 cm³/mol. The number of hydrogen-bond acceptors (Lipinski definition) is 7. The molecule has 7 heteroatoms. The zero-order valence-corrected chi connectivity index (χ0v) is 21.0. The first kappa shape index (κ1) is 24.5. The molecule has 0 spiro atoms. The Bertz CT molecular complexity index is 1100. The Balaban J connectivity index is 1.59. The van der Waals surface area contributed by atoms with Crippen LogP contribution in [0, 0.1) is 0 Å². The van der Waals surface area contributed by atoms with Gasteiger partial charge in [-0.25, -0.2) is 0 Å². The van der Waals surface area contributed by atoms with Crippen molar-refractivity contribution < 1.29 is 19.3 Å². The number of rotatable bonds is 9. The van der Waals surface area contributed by atoms with E-state index in [1.807, 2.05) is 78.1 Å². The molecule has 1 N–H and O–H groups in total. The van der Waals surface area contributed by atoms with Crippen LogP contribution in [-0.4, -0.2) is 43.7 Å². The lowest BCUT2D eigenvalue weighted by Gasteiger charge is -2.22. The highest BCUT2D eigenvalue weighted by Gasteiger charge is 2.19. The van der Waals surface area contributed by atoms with Gasteiger partial charge in [0.25, 0.3) is 0 Å². The molecule has 3 aromatic rings. The van der Waals surface area contributed by atoms with Crippen molar-refractivity contribution in [2.24, 2.45) is 4.99 Å². The molecule has 1 aliphatic rings. The van der Waals surface area contributed by atoms with Gasteiger partial charge in [0.15, 0.2) is 11.5 Å². The maximum absolute atomic E-state index is 9.82. The van der Waals surface area contributed by atoms with E-state index < -0.39 is 0 Å². The van der Waals surface area contributed by atoms with Gasteiger partial charge in [0.1, 0.15) is 11.5 Å². The Kier molecular flexibility index (Phi) is 8.79. The van der Waals surface area contributed by atoms with E-state index in [4.69, 9.17) is 14.2 Å². The van der Waals surface area contributed by atoms with E-state index in [0.717, 1.165) is 11.1 Å². The maximum atomic E-state index is 9.82. The molecular formula is C27H29NO4S2. The second-order valence-corrected chi connectivity index (χ2v) is 10.5. The average molecular weight is 496 g/mol. The molecule has 0 radical (unpaired) electrons. The number of hydrogen-bond donors (Lipinski definition) is 1. The molecule has 34 heavy (non-hydrogen) atoms. The van der Waals surface area contributed by atoms with Gasteiger partial charge in [-0.2, -0.15) is 0 Å². The van der Waals surface area contributed by atoms with Crippen molar-refractivity contribution in [1.82, 2.24) is 0 Å². The van der Waals surface area contributed by atoms with Gasteiger partial charge in [-0.3, -0.25) is 4.99 Å². The molecule has 5 nitrogen and oxygen atoms in total. The molecule has 4 rings (SSSR count). The Morgan fingerprint density at radius 3 is 2.41 bits per heavy atom. The minimum absolute atomic E-state index is 0.0744. The fourth-order valence-electron chi connectivity index (χ4n) is 3.66. The van der Waals surface area contributed by atoms with Crippen LogP contribution in [0.4, 0.5) is 0 Å². The average Bonchev–Trinajstić information content (AvgIpc) is 2.90. The van der Waals surface area contributed by atoms with Crippen molar-refractivity contribution in [1.29, 1.82) is 0 Å². The van der Waals surface area contributed by atoms with Crippen LogP contribution in [0.15, 0.2) is 71.7 Å². The van der Waals surface area contributed by atoms with E-state index in [0.29, 0.717) is 27.6 Å². The SMILES string of the molecule is COc1cc(C=N[C@@H](CO)c2ccccc2)cc(Oc2cc(C3SCCCS3)ccc2OC)c1. The third kappa shape index (κ3) is 6.29. The number of benzene rings is 3. The second kappa shape index (κ2) is 12.2. The summed E-state index contributed by atoms with van der Waals surface area (Å²) in [5, 5.41) is 9.82. The van der Waals surface area contributed by atoms with Gasteiger partial charge in [0.05, 0.1) is 31.5 Å². The molecular weight excluding hydrogens is 466 g/mol. The van der Waals surface area contributed by atoms with Crippen molar-refractivity contribution in [3.8, 4) is 23.0 Å². The predicted octanol–water partition coefficient (Wildman–Crippen LogP) is 6.52. The number of aliphatic hydroxyl groups is 1. The van der Waals surface area contributed by atoms with Gasteiger partial charge in [-0.15, -0.1) is 23.5 Å². The number of ether oxygens (including phenoxy) is 3. The summed E-state index contributed by atoms with van der Waals surface area (Å²) in [6.07, 6.45) is 2.99. The summed E-state index contributed by atoms with van der Waals surface area (Å²) in [6, 6.07) is 21.2. The summed E-state index contributed by atoms with van der Waals surface area (Å²) < 4.78 is 17.8. The zero-order chi connectivity index (χ0) is 23.8. The van der Waals surface area contributed by atoms with E-state index in [-0.39, 0.29) is 12.6 Å². The van der Waals surface area contributed by atoms with Crippen molar-refractivity contribution in [3.05, 3.63) is 83.4 Å². The normalized spacial score (nSPS) is 15.3. The minimum Gasteiger partial charge on any atom is -0.497 e. The van der Waals surface area contributed by atoms with Crippen molar-refractivity contribution in [3.63, 3.8) is 0 Å². The highest BCUT2D eigenvalue weighted by atomic mass is 32.2. The van der Waals surface area contributed by atoms with Gasteiger partial charge in [0, 0.05) is 12.3 Å². The number of aliphatic hydroxyl groups excluding tert-OH is 1.